The summed E-state index contributed by atoms with van der Waals surface area (Å²) >= 11 is 11.8. The van der Waals surface area contributed by atoms with Gasteiger partial charge in [-0.3, -0.25) is 4.79 Å². The second-order valence-corrected chi connectivity index (χ2v) is 5.36. The predicted octanol–water partition coefficient (Wildman–Crippen LogP) is 3.69. The second-order valence-electron chi connectivity index (χ2n) is 4.54. The highest BCUT2D eigenvalue weighted by Gasteiger charge is 2.29. The van der Waals surface area contributed by atoms with Gasteiger partial charge in [0.25, 0.3) is 5.91 Å². The quantitative estimate of drug-likeness (QED) is 0.749. The van der Waals surface area contributed by atoms with Gasteiger partial charge in [0.05, 0.1) is 16.3 Å². The van der Waals surface area contributed by atoms with Crippen molar-refractivity contribution in [2.75, 3.05) is 5.32 Å². The molecule has 3 rings (SSSR count). The molecule has 1 unspecified atom stereocenters. The summed E-state index contributed by atoms with van der Waals surface area (Å²) in [4.78, 5) is 12.1. The van der Waals surface area contributed by atoms with Gasteiger partial charge in [-0.1, -0.05) is 35.3 Å². The first-order chi connectivity index (χ1) is 9.97. The molecule has 4 nitrogen and oxygen atoms in total. The van der Waals surface area contributed by atoms with Crippen LogP contribution in [0.4, 0.5) is 10.1 Å². The maximum absolute atomic E-state index is 13.8. The molecule has 0 bridgehead atoms. The van der Waals surface area contributed by atoms with Gasteiger partial charge in [-0.05, 0) is 18.2 Å². The number of hydrogen-bond acceptors (Lipinski definition) is 3. The SMILES string of the molecule is O=C1NC(c2cccc(O)c2Cl)Nc2cc(Cl)cc(F)c21. The third-order valence-electron chi connectivity index (χ3n) is 3.18. The third kappa shape index (κ3) is 2.39. The molecular formula is C14H9Cl2FN2O2. The Balaban J connectivity index is 2.06. The second kappa shape index (κ2) is 5.09. The Hall–Kier alpha value is -1.98. The fraction of sp³-hybridized carbons (Fsp3) is 0.0714. The Morgan fingerprint density at radius 1 is 1.19 bits per heavy atom. The Morgan fingerprint density at radius 3 is 2.71 bits per heavy atom. The molecule has 108 valence electrons. The van der Waals surface area contributed by atoms with Crippen LogP contribution >= 0.6 is 23.2 Å². The van der Waals surface area contributed by atoms with Crippen molar-refractivity contribution in [3.05, 3.63) is 57.3 Å². The van der Waals surface area contributed by atoms with Gasteiger partial charge < -0.3 is 15.7 Å². The molecule has 0 saturated heterocycles. The summed E-state index contributed by atoms with van der Waals surface area (Å²) in [6.07, 6.45) is -0.692. The number of halogens is 3. The van der Waals surface area contributed by atoms with Crippen LogP contribution in [0.25, 0.3) is 0 Å². The van der Waals surface area contributed by atoms with E-state index in [2.05, 4.69) is 10.6 Å². The van der Waals surface area contributed by atoms with Crippen LogP contribution in [0.1, 0.15) is 22.1 Å². The predicted molar refractivity (Wildman–Crippen MR) is 78.4 cm³/mol. The van der Waals surface area contributed by atoms with Gasteiger partial charge >= 0.3 is 0 Å². The maximum atomic E-state index is 13.8. The van der Waals surface area contributed by atoms with E-state index in [1.807, 2.05) is 0 Å². The molecule has 1 aliphatic rings. The Labute approximate surface area is 129 Å². The number of rotatable bonds is 1. The zero-order valence-corrected chi connectivity index (χ0v) is 12.0. The fourth-order valence-corrected chi connectivity index (χ4v) is 2.67. The van der Waals surface area contributed by atoms with Crippen molar-refractivity contribution in [3.63, 3.8) is 0 Å². The molecule has 1 amide bonds. The zero-order valence-electron chi connectivity index (χ0n) is 10.5. The highest BCUT2D eigenvalue weighted by atomic mass is 35.5. The van der Waals surface area contributed by atoms with Gasteiger partial charge in [-0.2, -0.15) is 0 Å². The van der Waals surface area contributed by atoms with E-state index < -0.39 is 17.9 Å². The molecule has 0 fully saturated rings. The van der Waals surface area contributed by atoms with E-state index in [0.717, 1.165) is 6.07 Å². The van der Waals surface area contributed by atoms with E-state index in [4.69, 9.17) is 23.2 Å². The minimum Gasteiger partial charge on any atom is -0.506 e. The Kier molecular flexibility index (Phi) is 3.39. The number of phenols is 1. The fourth-order valence-electron chi connectivity index (χ4n) is 2.23. The summed E-state index contributed by atoms with van der Waals surface area (Å²) in [6.45, 7) is 0. The third-order valence-corrected chi connectivity index (χ3v) is 3.81. The Morgan fingerprint density at radius 2 is 1.95 bits per heavy atom. The van der Waals surface area contributed by atoms with Crippen molar-refractivity contribution in [1.82, 2.24) is 5.32 Å². The summed E-state index contributed by atoms with van der Waals surface area (Å²) < 4.78 is 13.8. The number of carbonyl (C=O) groups excluding carboxylic acids is 1. The van der Waals surface area contributed by atoms with E-state index in [1.165, 1.54) is 12.1 Å². The summed E-state index contributed by atoms with van der Waals surface area (Å²) in [5.41, 5.74) is 0.635. The summed E-state index contributed by atoms with van der Waals surface area (Å²) in [6, 6.07) is 7.21. The van der Waals surface area contributed by atoms with Crippen LogP contribution in [0, 0.1) is 5.82 Å². The number of carbonyl (C=O) groups is 1. The summed E-state index contributed by atoms with van der Waals surface area (Å²) in [5, 5.41) is 15.4. The van der Waals surface area contributed by atoms with Crippen LogP contribution in [0.15, 0.2) is 30.3 Å². The van der Waals surface area contributed by atoms with Gasteiger partial charge in [0.1, 0.15) is 17.7 Å². The van der Waals surface area contributed by atoms with Gasteiger partial charge in [0.15, 0.2) is 0 Å². The lowest BCUT2D eigenvalue weighted by atomic mass is 10.0. The number of phenolic OH excluding ortho intramolecular Hbond substituents is 1. The molecule has 2 aromatic carbocycles. The number of nitrogens with one attached hydrogen (secondary N) is 2. The average Bonchev–Trinajstić information content (AvgIpc) is 2.40. The van der Waals surface area contributed by atoms with E-state index in [-0.39, 0.29) is 27.0 Å². The molecule has 7 heteroatoms. The van der Waals surface area contributed by atoms with Crippen molar-refractivity contribution >= 4 is 34.8 Å². The normalized spacial score (nSPS) is 16.9. The van der Waals surface area contributed by atoms with Crippen LogP contribution in [0.3, 0.4) is 0 Å². The molecule has 21 heavy (non-hydrogen) atoms. The van der Waals surface area contributed by atoms with Crippen LogP contribution in [0.2, 0.25) is 10.0 Å². The van der Waals surface area contributed by atoms with Gasteiger partial charge in [-0.15, -0.1) is 0 Å². The smallest absolute Gasteiger partial charge is 0.258 e. The topological polar surface area (TPSA) is 61.4 Å². The molecule has 0 saturated carbocycles. The number of aromatic hydroxyl groups is 1. The van der Waals surface area contributed by atoms with Gasteiger partial charge in [0.2, 0.25) is 0 Å². The molecule has 0 aromatic heterocycles. The van der Waals surface area contributed by atoms with Crippen molar-refractivity contribution in [2.45, 2.75) is 6.17 Å². The molecule has 1 heterocycles. The molecule has 1 atom stereocenters. The van der Waals surface area contributed by atoms with E-state index in [9.17, 15) is 14.3 Å². The number of hydrogen-bond donors (Lipinski definition) is 3. The molecule has 0 spiro atoms. The highest BCUT2D eigenvalue weighted by Crippen LogP contribution is 2.35. The standard InChI is InChI=1S/C14H9Cl2FN2O2/c15-6-4-8(17)11-9(5-6)18-13(19-14(11)21)7-2-1-3-10(20)12(7)16/h1-5,13,18,20H,(H,19,21). The number of amides is 1. The summed E-state index contributed by atoms with van der Waals surface area (Å²) in [5.74, 6) is -1.39. The molecule has 2 aromatic rings. The lowest BCUT2D eigenvalue weighted by Crippen LogP contribution is -2.39. The average molecular weight is 327 g/mol. The number of fused-ring (bicyclic) bond motifs is 1. The molecule has 3 N–H and O–H groups in total. The molecular weight excluding hydrogens is 318 g/mol. The Bertz CT molecular complexity index is 752. The van der Waals surface area contributed by atoms with Crippen molar-refractivity contribution in [2.24, 2.45) is 0 Å². The van der Waals surface area contributed by atoms with Crippen LogP contribution in [0.5, 0.6) is 5.75 Å². The maximum Gasteiger partial charge on any atom is 0.258 e. The van der Waals surface area contributed by atoms with E-state index in [1.54, 1.807) is 12.1 Å². The minimum atomic E-state index is -0.706. The van der Waals surface area contributed by atoms with Crippen molar-refractivity contribution < 1.29 is 14.3 Å². The van der Waals surface area contributed by atoms with Crippen molar-refractivity contribution in [3.8, 4) is 5.75 Å². The first kappa shape index (κ1) is 14.0. The van der Waals surface area contributed by atoms with Crippen LogP contribution < -0.4 is 10.6 Å². The molecule has 1 aliphatic heterocycles. The number of benzene rings is 2. The lowest BCUT2D eigenvalue weighted by molar-refractivity contribution is 0.0931. The largest absolute Gasteiger partial charge is 0.506 e. The number of anilines is 1. The monoisotopic (exact) mass is 326 g/mol. The highest BCUT2D eigenvalue weighted by molar-refractivity contribution is 6.33. The molecule has 0 aliphatic carbocycles. The molecule has 0 radical (unpaired) electrons. The van der Waals surface area contributed by atoms with E-state index >= 15 is 0 Å². The zero-order chi connectivity index (χ0) is 15.1. The first-order valence-corrected chi connectivity index (χ1v) is 6.77. The lowest BCUT2D eigenvalue weighted by Gasteiger charge is -2.29. The van der Waals surface area contributed by atoms with Gasteiger partial charge in [0, 0.05) is 10.6 Å². The summed E-state index contributed by atoms with van der Waals surface area (Å²) in [7, 11) is 0. The van der Waals surface area contributed by atoms with Gasteiger partial charge in [-0.25, -0.2) is 4.39 Å². The van der Waals surface area contributed by atoms with Crippen LogP contribution in [-0.2, 0) is 0 Å². The van der Waals surface area contributed by atoms with E-state index in [0.29, 0.717) is 5.56 Å². The van der Waals surface area contributed by atoms with Crippen LogP contribution in [-0.4, -0.2) is 11.0 Å². The minimum absolute atomic E-state index is 0.103. The van der Waals surface area contributed by atoms with Crippen molar-refractivity contribution in [1.29, 1.82) is 0 Å². The first-order valence-electron chi connectivity index (χ1n) is 6.01.